The Morgan fingerprint density at radius 1 is 1.24 bits per heavy atom. The van der Waals surface area contributed by atoms with E-state index in [1.54, 1.807) is 0 Å². The van der Waals surface area contributed by atoms with Gasteiger partial charge in [0.15, 0.2) is 0 Å². The molecule has 1 atom stereocenters. The first-order valence-electron chi connectivity index (χ1n) is 7.62. The van der Waals surface area contributed by atoms with Crippen molar-refractivity contribution in [1.82, 2.24) is 15.1 Å². The third kappa shape index (κ3) is 4.32. The fourth-order valence-corrected chi connectivity index (χ4v) is 2.84. The molecule has 1 unspecified atom stereocenters. The Balaban J connectivity index is 2.11. The van der Waals surface area contributed by atoms with Gasteiger partial charge in [0.25, 0.3) is 0 Å². The van der Waals surface area contributed by atoms with Crippen molar-refractivity contribution >= 4 is 11.6 Å². The average molecular weight is 306 g/mol. The molecular formula is C17H24ClN3. The first kappa shape index (κ1) is 16.1. The number of aromatic nitrogens is 2. The van der Waals surface area contributed by atoms with E-state index in [1.807, 2.05) is 29.9 Å². The summed E-state index contributed by atoms with van der Waals surface area (Å²) in [5, 5.41) is 8.94. The zero-order valence-electron chi connectivity index (χ0n) is 13.1. The molecule has 1 N–H and O–H groups in total. The summed E-state index contributed by atoms with van der Waals surface area (Å²) in [6, 6.07) is 10.7. The standard InChI is InChI=1S/C17H24ClN3/c1-4-14-11-16(21(3)20-14)12-15(19-5-2)10-13-8-6-7-9-17(13)18/h6-9,11,15,19H,4-5,10,12H2,1-3H3. The van der Waals surface area contributed by atoms with Crippen LogP contribution in [-0.2, 0) is 26.3 Å². The summed E-state index contributed by atoms with van der Waals surface area (Å²) in [6.45, 7) is 5.23. The maximum absolute atomic E-state index is 6.28. The minimum atomic E-state index is 0.370. The first-order chi connectivity index (χ1) is 10.1. The highest BCUT2D eigenvalue weighted by atomic mass is 35.5. The van der Waals surface area contributed by atoms with Crippen LogP contribution in [0, 0.1) is 0 Å². The molecule has 0 fully saturated rings. The predicted octanol–water partition coefficient (Wildman–Crippen LogP) is 3.40. The zero-order valence-corrected chi connectivity index (χ0v) is 13.8. The normalized spacial score (nSPS) is 12.6. The molecule has 2 rings (SSSR count). The van der Waals surface area contributed by atoms with Crippen LogP contribution in [0.2, 0.25) is 5.02 Å². The molecule has 114 valence electrons. The Bertz CT molecular complexity index is 577. The Kier molecular flexibility index (Phi) is 5.83. The van der Waals surface area contributed by atoms with Gasteiger partial charge >= 0.3 is 0 Å². The molecule has 0 aliphatic carbocycles. The van der Waals surface area contributed by atoms with Gasteiger partial charge in [-0.1, -0.05) is 43.6 Å². The molecule has 1 aromatic heterocycles. The summed E-state index contributed by atoms with van der Waals surface area (Å²) in [6.07, 6.45) is 2.87. The molecular weight excluding hydrogens is 282 g/mol. The van der Waals surface area contributed by atoms with E-state index in [9.17, 15) is 0 Å². The van der Waals surface area contributed by atoms with Gasteiger partial charge in [-0.3, -0.25) is 4.68 Å². The highest BCUT2D eigenvalue weighted by molar-refractivity contribution is 6.31. The van der Waals surface area contributed by atoms with Gasteiger partial charge in [0, 0.05) is 30.2 Å². The quantitative estimate of drug-likeness (QED) is 0.849. The van der Waals surface area contributed by atoms with Crippen LogP contribution in [0.25, 0.3) is 0 Å². The third-order valence-electron chi connectivity index (χ3n) is 3.76. The van der Waals surface area contributed by atoms with Crippen LogP contribution < -0.4 is 5.32 Å². The van der Waals surface area contributed by atoms with Gasteiger partial charge in [-0.2, -0.15) is 5.10 Å². The second kappa shape index (κ2) is 7.62. The van der Waals surface area contributed by atoms with E-state index in [2.05, 4.69) is 36.4 Å². The topological polar surface area (TPSA) is 29.9 Å². The van der Waals surface area contributed by atoms with Crippen molar-refractivity contribution in [2.45, 2.75) is 39.2 Å². The van der Waals surface area contributed by atoms with E-state index in [0.29, 0.717) is 6.04 Å². The van der Waals surface area contributed by atoms with Crippen LogP contribution in [0.15, 0.2) is 30.3 Å². The van der Waals surface area contributed by atoms with Gasteiger partial charge in [-0.15, -0.1) is 0 Å². The van der Waals surface area contributed by atoms with E-state index >= 15 is 0 Å². The predicted molar refractivity (Wildman–Crippen MR) is 88.9 cm³/mol. The average Bonchev–Trinajstić information content (AvgIpc) is 2.82. The lowest BCUT2D eigenvalue weighted by molar-refractivity contribution is 0.504. The molecule has 4 heteroatoms. The van der Waals surface area contributed by atoms with Crippen LogP contribution in [-0.4, -0.2) is 22.4 Å². The van der Waals surface area contributed by atoms with E-state index in [0.717, 1.165) is 36.5 Å². The van der Waals surface area contributed by atoms with Gasteiger partial charge in [0.2, 0.25) is 0 Å². The monoisotopic (exact) mass is 305 g/mol. The second-order valence-corrected chi connectivity index (χ2v) is 5.77. The van der Waals surface area contributed by atoms with E-state index in [-0.39, 0.29) is 0 Å². The number of likely N-dealkylation sites (N-methyl/N-ethyl adjacent to an activating group) is 1. The van der Waals surface area contributed by atoms with Gasteiger partial charge in [0.05, 0.1) is 5.69 Å². The zero-order chi connectivity index (χ0) is 15.2. The van der Waals surface area contributed by atoms with Crippen LogP contribution in [0.1, 0.15) is 30.8 Å². The molecule has 0 saturated carbocycles. The number of benzene rings is 1. The number of hydrogen-bond donors (Lipinski definition) is 1. The Morgan fingerprint density at radius 2 is 2.00 bits per heavy atom. The number of nitrogens with zero attached hydrogens (tertiary/aromatic N) is 2. The molecule has 0 bridgehead atoms. The number of hydrogen-bond acceptors (Lipinski definition) is 2. The lowest BCUT2D eigenvalue weighted by atomic mass is 10.0. The SMILES string of the molecule is CCNC(Cc1ccccc1Cl)Cc1cc(CC)nn1C. The minimum Gasteiger partial charge on any atom is -0.314 e. The summed E-state index contributed by atoms with van der Waals surface area (Å²) in [5.74, 6) is 0. The van der Waals surface area contributed by atoms with Crippen LogP contribution in [0.3, 0.4) is 0 Å². The maximum Gasteiger partial charge on any atom is 0.0624 e. The molecule has 2 aromatic rings. The summed E-state index contributed by atoms with van der Waals surface area (Å²) in [7, 11) is 2.02. The van der Waals surface area contributed by atoms with Gasteiger partial charge in [-0.05, 0) is 37.1 Å². The molecule has 0 aliphatic rings. The molecule has 1 heterocycles. The number of rotatable bonds is 7. The Hall–Kier alpha value is -1.32. The summed E-state index contributed by atoms with van der Waals surface area (Å²) >= 11 is 6.28. The van der Waals surface area contributed by atoms with Crippen molar-refractivity contribution in [2.75, 3.05) is 6.54 Å². The molecule has 0 radical (unpaired) electrons. The van der Waals surface area contributed by atoms with Gasteiger partial charge in [0.1, 0.15) is 0 Å². The van der Waals surface area contributed by atoms with E-state index in [4.69, 9.17) is 11.6 Å². The highest BCUT2D eigenvalue weighted by Crippen LogP contribution is 2.18. The molecule has 0 amide bonds. The molecule has 21 heavy (non-hydrogen) atoms. The van der Waals surface area contributed by atoms with Crippen molar-refractivity contribution in [3.05, 3.63) is 52.3 Å². The molecule has 1 aromatic carbocycles. The summed E-state index contributed by atoms with van der Waals surface area (Å²) in [4.78, 5) is 0. The van der Waals surface area contributed by atoms with Crippen LogP contribution in [0.5, 0.6) is 0 Å². The maximum atomic E-state index is 6.28. The van der Waals surface area contributed by atoms with Crippen molar-refractivity contribution in [1.29, 1.82) is 0 Å². The first-order valence-corrected chi connectivity index (χ1v) is 8.00. The van der Waals surface area contributed by atoms with Crippen molar-refractivity contribution < 1.29 is 0 Å². The van der Waals surface area contributed by atoms with Gasteiger partial charge in [-0.25, -0.2) is 0 Å². The number of halogens is 1. The molecule has 0 aliphatic heterocycles. The molecule has 0 spiro atoms. The third-order valence-corrected chi connectivity index (χ3v) is 4.13. The Labute approximate surface area is 132 Å². The fraction of sp³-hybridized carbons (Fsp3) is 0.471. The van der Waals surface area contributed by atoms with E-state index in [1.165, 1.54) is 11.3 Å². The summed E-state index contributed by atoms with van der Waals surface area (Å²) < 4.78 is 2.00. The molecule has 0 saturated heterocycles. The lowest BCUT2D eigenvalue weighted by Gasteiger charge is -2.18. The minimum absolute atomic E-state index is 0.370. The largest absolute Gasteiger partial charge is 0.314 e. The fourth-order valence-electron chi connectivity index (χ4n) is 2.62. The van der Waals surface area contributed by atoms with Gasteiger partial charge < -0.3 is 5.32 Å². The highest BCUT2D eigenvalue weighted by Gasteiger charge is 2.14. The number of nitrogens with one attached hydrogen (secondary N) is 1. The molecule has 3 nitrogen and oxygen atoms in total. The Morgan fingerprint density at radius 3 is 2.62 bits per heavy atom. The van der Waals surface area contributed by atoms with Crippen molar-refractivity contribution in [3.8, 4) is 0 Å². The second-order valence-electron chi connectivity index (χ2n) is 5.36. The van der Waals surface area contributed by atoms with Crippen molar-refractivity contribution in [3.63, 3.8) is 0 Å². The lowest BCUT2D eigenvalue weighted by Crippen LogP contribution is -2.33. The van der Waals surface area contributed by atoms with E-state index < -0.39 is 0 Å². The van der Waals surface area contributed by atoms with Crippen molar-refractivity contribution in [2.24, 2.45) is 7.05 Å². The van der Waals surface area contributed by atoms with Crippen LogP contribution in [0.4, 0.5) is 0 Å². The smallest absolute Gasteiger partial charge is 0.0624 e. The van der Waals surface area contributed by atoms with Crippen LogP contribution >= 0.6 is 11.6 Å². The summed E-state index contributed by atoms with van der Waals surface area (Å²) in [5.41, 5.74) is 3.62. The number of aryl methyl sites for hydroxylation is 2.